The normalized spacial score (nSPS) is 11.3. The number of carboxylic acid groups (broad SMARTS) is 1. The molecule has 0 unspecified atom stereocenters. The van der Waals surface area contributed by atoms with Crippen molar-refractivity contribution < 1.29 is 18.3 Å². The zero-order chi connectivity index (χ0) is 9.19. The minimum absolute atomic E-state index is 0.0386. The van der Waals surface area contributed by atoms with Gasteiger partial charge in [-0.3, -0.25) is 0 Å². The Bertz CT molecular complexity index is 362. The van der Waals surface area contributed by atoms with E-state index < -0.39 is 21.6 Å². The van der Waals surface area contributed by atoms with Crippen LogP contribution in [-0.4, -0.2) is 20.1 Å². The summed E-state index contributed by atoms with van der Waals surface area (Å²) in [5.41, 5.74) is 0. The molecule has 0 spiro atoms. The summed E-state index contributed by atoms with van der Waals surface area (Å²) in [6.07, 6.45) is 0. The molecule has 0 amide bonds. The van der Waals surface area contributed by atoms with Gasteiger partial charge in [0.15, 0.2) is 9.84 Å². The Morgan fingerprint density at radius 2 is 2.25 bits per heavy atom. The highest BCUT2D eigenvalue weighted by Crippen LogP contribution is 2.13. The predicted molar refractivity (Wildman–Crippen MR) is 41.4 cm³/mol. The fourth-order valence-corrected chi connectivity index (χ4v) is 2.78. The number of aliphatic carboxylic acids is 1. The van der Waals surface area contributed by atoms with Crippen molar-refractivity contribution >= 4 is 27.1 Å². The van der Waals surface area contributed by atoms with E-state index in [1.165, 1.54) is 22.8 Å². The van der Waals surface area contributed by atoms with E-state index in [4.69, 9.17) is 0 Å². The molecule has 1 aromatic rings. The van der Waals surface area contributed by atoms with Crippen molar-refractivity contribution in [2.45, 2.75) is 4.90 Å². The molecule has 0 aliphatic heterocycles. The van der Waals surface area contributed by atoms with Gasteiger partial charge in [-0.05, 0) is 11.4 Å². The first-order valence-electron chi connectivity index (χ1n) is 2.97. The van der Waals surface area contributed by atoms with Crippen molar-refractivity contribution in [1.29, 1.82) is 0 Å². The maximum atomic E-state index is 11.1. The van der Waals surface area contributed by atoms with Crippen molar-refractivity contribution in [1.82, 2.24) is 0 Å². The van der Waals surface area contributed by atoms with Crippen molar-refractivity contribution in [2.75, 3.05) is 5.75 Å². The van der Waals surface area contributed by atoms with Gasteiger partial charge in [0.25, 0.3) is 0 Å². The molecule has 1 aromatic heterocycles. The molecule has 66 valence electrons. The van der Waals surface area contributed by atoms with E-state index in [9.17, 15) is 18.3 Å². The maximum absolute atomic E-state index is 11.1. The molecular weight excluding hydrogens is 200 g/mol. The summed E-state index contributed by atoms with van der Waals surface area (Å²) in [6.45, 7) is 0. The Hall–Kier alpha value is -0.880. The van der Waals surface area contributed by atoms with Crippen LogP contribution in [0.1, 0.15) is 0 Å². The van der Waals surface area contributed by atoms with Crippen LogP contribution >= 0.6 is 11.3 Å². The molecule has 0 aliphatic rings. The maximum Gasteiger partial charge on any atom is 0.184 e. The molecule has 0 aromatic carbocycles. The summed E-state index contributed by atoms with van der Waals surface area (Å²) in [6, 6.07) is 1.36. The van der Waals surface area contributed by atoms with Crippen LogP contribution < -0.4 is 5.11 Å². The molecule has 1 rings (SSSR count). The topological polar surface area (TPSA) is 74.3 Å². The number of hydrogen-bond donors (Lipinski definition) is 0. The van der Waals surface area contributed by atoms with Crippen LogP contribution in [0.2, 0.25) is 0 Å². The quantitative estimate of drug-likeness (QED) is 0.652. The minimum atomic E-state index is -3.67. The first-order chi connectivity index (χ1) is 5.52. The van der Waals surface area contributed by atoms with E-state index >= 15 is 0 Å². The lowest BCUT2D eigenvalue weighted by Crippen LogP contribution is -2.30. The molecule has 1 heterocycles. The third-order valence-electron chi connectivity index (χ3n) is 1.16. The Morgan fingerprint density at radius 1 is 1.58 bits per heavy atom. The smallest absolute Gasteiger partial charge is 0.184 e. The second-order valence-corrected chi connectivity index (χ2v) is 4.86. The van der Waals surface area contributed by atoms with Crippen LogP contribution in [0.15, 0.2) is 21.7 Å². The van der Waals surface area contributed by atoms with Gasteiger partial charge in [0.1, 0.15) is 0 Å². The van der Waals surface area contributed by atoms with Crippen molar-refractivity contribution in [2.24, 2.45) is 0 Å². The summed E-state index contributed by atoms with van der Waals surface area (Å²) in [5.74, 6) is -2.54. The molecule has 0 saturated carbocycles. The van der Waals surface area contributed by atoms with Crippen molar-refractivity contribution in [3.63, 3.8) is 0 Å². The minimum Gasteiger partial charge on any atom is -0.549 e. The number of carbonyl (C=O) groups is 1. The highest BCUT2D eigenvalue weighted by Gasteiger charge is 2.14. The van der Waals surface area contributed by atoms with Crippen LogP contribution in [0.5, 0.6) is 0 Å². The first-order valence-corrected chi connectivity index (χ1v) is 5.57. The van der Waals surface area contributed by atoms with E-state index in [0.717, 1.165) is 0 Å². The fraction of sp³-hybridized carbons (Fsp3) is 0.167. The third-order valence-corrected chi connectivity index (χ3v) is 3.58. The summed E-state index contributed by atoms with van der Waals surface area (Å²) in [5, 5.41) is 13.0. The second kappa shape index (κ2) is 3.24. The molecule has 0 bridgehead atoms. The molecular formula is C6H5O4S2-. The summed E-state index contributed by atoms with van der Waals surface area (Å²) in [4.78, 5) is 10.1. The van der Waals surface area contributed by atoms with Crippen molar-refractivity contribution in [3.8, 4) is 0 Å². The molecule has 4 nitrogen and oxygen atoms in total. The molecule has 12 heavy (non-hydrogen) atoms. The molecule has 0 atom stereocenters. The molecule has 0 saturated heterocycles. The predicted octanol–water partition coefficient (Wildman–Crippen LogP) is -0.728. The van der Waals surface area contributed by atoms with Gasteiger partial charge in [0, 0.05) is 5.38 Å². The molecule has 0 N–H and O–H groups in total. The number of thiophene rings is 1. The largest absolute Gasteiger partial charge is 0.549 e. The number of carboxylic acids is 1. The van der Waals surface area contributed by atoms with Crippen LogP contribution in [0.25, 0.3) is 0 Å². The van der Waals surface area contributed by atoms with Crippen LogP contribution in [0, 0.1) is 0 Å². The Kier molecular flexibility index (Phi) is 2.49. The van der Waals surface area contributed by atoms with Gasteiger partial charge in [-0.2, -0.15) is 11.3 Å². The molecule has 6 heteroatoms. The number of carbonyl (C=O) groups excluding carboxylic acids is 1. The molecule has 0 fully saturated rings. The molecule has 0 radical (unpaired) electrons. The summed E-state index contributed by atoms with van der Waals surface area (Å²) >= 11 is 1.20. The zero-order valence-corrected chi connectivity index (χ0v) is 7.52. The lowest BCUT2D eigenvalue weighted by molar-refractivity contribution is -0.301. The van der Waals surface area contributed by atoms with Gasteiger partial charge in [-0.1, -0.05) is 0 Å². The van der Waals surface area contributed by atoms with Crippen LogP contribution in [0.3, 0.4) is 0 Å². The van der Waals surface area contributed by atoms with E-state index in [2.05, 4.69) is 0 Å². The number of rotatable bonds is 3. The van der Waals surface area contributed by atoms with Crippen LogP contribution in [-0.2, 0) is 14.6 Å². The van der Waals surface area contributed by atoms with Crippen LogP contribution in [0.4, 0.5) is 0 Å². The summed E-state index contributed by atoms with van der Waals surface area (Å²) in [7, 11) is -3.67. The van der Waals surface area contributed by atoms with Gasteiger partial charge in [-0.15, -0.1) is 0 Å². The van der Waals surface area contributed by atoms with Gasteiger partial charge in [0.2, 0.25) is 0 Å². The highest BCUT2D eigenvalue weighted by molar-refractivity contribution is 7.92. The Balaban J connectivity index is 2.96. The van der Waals surface area contributed by atoms with Crippen molar-refractivity contribution in [3.05, 3.63) is 16.8 Å². The molecule has 0 aliphatic carbocycles. The lowest BCUT2D eigenvalue weighted by Gasteiger charge is -2.01. The zero-order valence-electron chi connectivity index (χ0n) is 5.89. The second-order valence-electron chi connectivity index (χ2n) is 2.09. The van der Waals surface area contributed by atoms with E-state index in [1.54, 1.807) is 5.38 Å². The number of hydrogen-bond acceptors (Lipinski definition) is 5. The SMILES string of the molecule is O=C([O-])CS(=O)(=O)c1ccsc1. The highest BCUT2D eigenvalue weighted by atomic mass is 32.2. The van der Waals surface area contributed by atoms with E-state index in [-0.39, 0.29) is 4.90 Å². The standard InChI is InChI=1S/C6H6O4S2/c7-6(8)4-12(9,10)5-1-2-11-3-5/h1-3H,4H2,(H,7,8)/p-1. The van der Waals surface area contributed by atoms with Gasteiger partial charge < -0.3 is 9.90 Å². The Morgan fingerprint density at radius 3 is 2.67 bits per heavy atom. The van der Waals surface area contributed by atoms with Gasteiger partial charge >= 0.3 is 0 Å². The first kappa shape index (κ1) is 9.21. The van der Waals surface area contributed by atoms with E-state index in [0.29, 0.717) is 0 Å². The van der Waals surface area contributed by atoms with E-state index in [1.807, 2.05) is 0 Å². The van der Waals surface area contributed by atoms with Gasteiger partial charge in [0.05, 0.1) is 16.6 Å². The third kappa shape index (κ3) is 2.05. The monoisotopic (exact) mass is 205 g/mol. The average molecular weight is 205 g/mol. The average Bonchev–Trinajstić information content (AvgIpc) is 2.32. The van der Waals surface area contributed by atoms with Gasteiger partial charge in [-0.25, -0.2) is 8.42 Å². The fourth-order valence-electron chi connectivity index (χ4n) is 0.667. The number of sulfone groups is 1. The Labute approximate surface area is 73.4 Å². The summed E-state index contributed by atoms with van der Waals surface area (Å²) < 4.78 is 22.2. The lowest BCUT2D eigenvalue weighted by atomic mass is 10.7.